The second-order valence-corrected chi connectivity index (χ2v) is 4.46. The van der Waals surface area contributed by atoms with E-state index in [2.05, 4.69) is 16.6 Å². The molecular formula is C14H17F3O2. The van der Waals surface area contributed by atoms with Crippen molar-refractivity contribution in [1.82, 2.24) is 0 Å². The lowest BCUT2D eigenvalue weighted by Gasteiger charge is -2.27. The van der Waals surface area contributed by atoms with Crippen molar-refractivity contribution >= 4 is 5.97 Å². The maximum atomic E-state index is 12.4. The van der Waals surface area contributed by atoms with Crippen LogP contribution in [0.2, 0.25) is 0 Å². The van der Waals surface area contributed by atoms with Crippen molar-refractivity contribution in [3.8, 4) is 11.8 Å². The number of hydrogen-bond donors (Lipinski definition) is 0. The highest BCUT2D eigenvalue weighted by Gasteiger charge is 2.41. The Balaban J connectivity index is 2.36. The van der Waals surface area contributed by atoms with Crippen molar-refractivity contribution in [2.45, 2.75) is 38.8 Å². The zero-order valence-corrected chi connectivity index (χ0v) is 10.8. The number of halogens is 3. The Morgan fingerprint density at radius 2 is 1.95 bits per heavy atom. The summed E-state index contributed by atoms with van der Waals surface area (Å²) in [5, 5.41) is 0. The molecule has 0 aromatic carbocycles. The number of carbonyl (C=O) groups excluding carboxylic acids is 1. The maximum absolute atomic E-state index is 12.4. The van der Waals surface area contributed by atoms with Crippen molar-refractivity contribution in [2.75, 3.05) is 6.61 Å². The Kier molecular flexibility index (Phi) is 5.94. The SMILES string of the molecule is CCOC(=O)/C=C/C#CC1CCC(C(F)(F)F)CC1. The summed E-state index contributed by atoms with van der Waals surface area (Å²) in [6, 6.07) is 0. The van der Waals surface area contributed by atoms with Crippen molar-refractivity contribution in [3.05, 3.63) is 12.2 Å². The zero-order valence-electron chi connectivity index (χ0n) is 10.8. The number of alkyl halides is 3. The fraction of sp³-hybridized carbons (Fsp3) is 0.643. The summed E-state index contributed by atoms with van der Waals surface area (Å²) in [5.74, 6) is 3.92. The molecule has 1 aliphatic carbocycles. The van der Waals surface area contributed by atoms with E-state index in [0.717, 1.165) is 0 Å². The minimum Gasteiger partial charge on any atom is -0.463 e. The monoisotopic (exact) mass is 274 g/mol. The highest BCUT2D eigenvalue weighted by molar-refractivity contribution is 5.82. The van der Waals surface area contributed by atoms with Gasteiger partial charge in [0.1, 0.15) is 0 Å². The summed E-state index contributed by atoms with van der Waals surface area (Å²) < 4.78 is 42.0. The molecule has 0 aliphatic heterocycles. The van der Waals surface area contributed by atoms with Gasteiger partial charge in [0.2, 0.25) is 0 Å². The van der Waals surface area contributed by atoms with Gasteiger partial charge >= 0.3 is 12.1 Å². The topological polar surface area (TPSA) is 26.3 Å². The van der Waals surface area contributed by atoms with Gasteiger partial charge in [0.25, 0.3) is 0 Å². The number of carbonyl (C=O) groups is 1. The molecule has 0 amide bonds. The van der Waals surface area contributed by atoms with Crippen LogP contribution in [0.4, 0.5) is 13.2 Å². The van der Waals surface area contributed by atoms with Crippen LogP contribution in [0, 0.1) is 23.7 Å². The first kappa shape index (κ1) is 15.6. The molecule has 0 bridgehead atoms. The summed E-state index contributed by atoms with van der Waals surface area (Å²) in [7, 11) is 0. The number of ether oxygens (including phenoxy) is 1. The molecule has 19 heavy (non-hydrogen) atoms. The van der Waals surface area contributed by atoms with E-state index in [9.17, 15) is 18.0 Å². The van der Waals surface area contributed by atoms with Gasteiger partial charge in [-0.3, -0.25) is 0 Å². The minimum absolute atomic E-state index is 0.00885. The Morgan fingerprint density at radius 3 is 2.47 bits per heavy atom. The van der Waals surface area contributed by atoms with E-state index >= 15 is 0 Å². The third-order valence-corrected chi connectivity index (χ3v) is 3.07. The van der Waals surface area contributed by atoms with Crippen LogP contribution in [-0.4, -0.2) is 18.8 Å². The highest BCUT2D eigenvalue weighted by Crippen LogP contribution is 2.39. The molecule has 106 valence electrons. The van der Waals surface area contributed by atoms with Gasteiger partial charge in [-0.1, -0.05) is 11.8 Å². The van der Waals surface area contributed by atoms with Crippen LogP contribution < -0.4 is 0 Å². The molecule has 0 heterocycles. The molecule has 0 atom stereocenters. The fourth-order valence-electron chi connectivity index (χ4n) is 2.03. The lowest BCUT2D eigenvalue weighted by Crippen LogP contribution is -2.27. The average Bonchev–Trinajstić information content (AvgIpc) is 2.34. The van der Waals surface area contributed by atoms with E-state index in [1.807, 2.05) is 0 Å². The molecular weight excluding hydrogens is 257 g/mol. The van der Waals surface area contributed by atoms with E-state index in [-0.39, 0.29) is 18.8 Å². The van der Waals surface area contributed by atoms with E-state index in [1.54, 1.807) is 6.92 Å². The summed E-state index contributed by atoms with van der Waals surface area (Å²) >= 11 is 0. The number of rotatable bonds is 2. The lowest BCUT2D eigenvalue weighted by atomic mass is 9.82. The molecule has 1 saturated carbocycles. The molecule has 0 saturated heterocycles. The predicted molar refractivity (Wildman–Crippen MR) is 65.1 cm³/mol. The third kappa shape index (κ3) is 5.82. The van der Waals surface area contributed by atoms with Crippen LogP contribution in [0.1, 0.15) is 32.6 Å². The van der Waals surface area contributed by atoms with E-state index in [0.29, 0.717) is 19.4 Å². The Morgan fingerprint density at radius 1 is 1.32 bits per heavy atom. The predicted octanol–water partition coefficient (Wildman–Crippen LogP) is 3.48. The zero-order chi connectivity index (χ0) is 14.3. The summed E-state index contributed by atoms with van der Waals surface area (Å²) in [6.45, 7) is 2.01. The average molecular weight is 274 g/mol. The van der Waals surface area contributed by atoms with Gasteiger partial charge in [0.05, 0.1) is 12.5 Å². The van der Waals surface area contributed by atoms with Gasteiger partial charge in [0.15, 0.2) is 0 Å². The molecule has 0 spiro atoms. The maximum Gasteiger partial charge on any atom is 0.391 e. The second kappa shape index (κ2) is 7.22. The van der Waals surface area contributed by atoms with Gasteiger partial charge in [-0.15, -0.1) is 0 Å². The van der Waals surface area contributed by atoms with Gasteiger partial charge in [0, 0.05) is 12.0 Å². The number of esters is 1. The lowest BCUT2D eigenvalue weighted by molar-refractivity contribution is -0.183. The molecule has 2 nitrogen and oxygen atoms in total. The smallest absolute Gasteiger partial charge is 0.391 e. The van der Waals surface area contributed by atoms with Crippen LogP contribution in [0.5, 0.6) is 0 Å². The Bertz CT molecular complexity index is 380. The Labute approximate surface area is 111 Å². The van der Waals surface area contributed by atoms with Crippen LogP contribution in [0.25, 0.3) is 0 Å². The molecule has 1 fully saturated rings. The van der Waals surface area contributed by atoms with E-state index < -0.39 is 18.1 Å². The molecule has 0 aromatic rings. The van der Waals surface area contributed by atoms with Crippen LogP contribution in [0.3, 0.4) is 0 Å². The largest absolute Gasteiger partial charge is 0.463 e. The first-order valence-corrected chi connectivity index (χ1v) is 6.34. The highest BCUT2D eigenvalue weighted by atomic mass is 19.4. The number of hydrogen-bond acceptors (Lipinski definition) is 2. The van der Waals surface area contributed by atoms with Crippen molar-refractivity contribution in [1.29, 1.82) is 0 Å². The van der Waals surface area contributed by atoms with Gasteiger partial charge in [-0.25, -0.2) is 4.79 Å². The standard InChI is InChI=1S/C14H17F3O2/c1-2-19-13(18)6-4-3-5-11-7-9-12(10-8-11)14(15,16)17/h4,6,11-12H,2,7-10H2,1H3/b6-4+. The van der Waals surface area contributed by atoms with Crippen molar-refractivity contribution < 1.29 is 22.7 Å². The molecule has 1 aliphatic rings. The van der Waals surface area contributed by atoms with Crippen molar-refractivity contribution in [2.24, 2.45) is 11.8 Å². The summed E-state index contributed by atoms with van der Waals surface area (Å²) in [6.07, 6.45) is -0.266. The second-order valence-electron chi connectivity index (χ2n) is 4.46. The van der Waals surface area contributed by atoms with Gasteiger partial charge in [-0.2, -0.15) is 13.2 Å². The van der Waals surface area contributed by atoms with Crippen LogP contribution in [-0.2, 0) is 9.53 Å². The van der Waals surface area contributed by atoms with Crippen molar-refractivity contribution in [3.63, 3.8) is 0 Å². The normalized spacial score (nSPS) is 23.8. The first-order valence-electron chi connectivity index (χ1n) is 6.34. The molecule has 0 N–H and O–H groups in total. The minimum atomic E-state index is -4.08. The molecule has 0 radical (unpaired) electrons. The number of allylic oxidation sites excluding steroid dienone is 1. The van der Waals surface area contributed by atoms with Gasteiger partial charge in [-0.05, 0) is 38.7 Å². The van der Waals surface area contributed by atoms with Crippen LogP contribution in [0.15, 0.2) is 12.2 Å². The molecule has 0 aromatic heterocycles. The fourth-order valence-corrected chi connectivity index (χ4v) is 2.03. The molecule has 1 rings (SSSR count). The first-order chi connectivity index (χ1) is 8.93. The van der Waals surface area contributed by atoms with E-state index in [1.165, 1.54) is 12.2 Å². The van der Waals surface area contributed by atoms with E-state index in [4.69, 9.17) is 0 Å². The molecule has 5 heteroatoms. The summed E-state index contributed by atoms with van der Waals surface area (Å²) in [5.41, 5.74) is 0. The third-order valence-electron chi connectivity index (χ3n) is 3.07. The van der Waals surface area contributed by atoms with Crippen LogP contribution >= 0.6 is 0 Å². The quantitative estimate of drug-likeness (QED) is 0.438. The summed E-state index contributed by atoms with van der Waals surface area (Å²) in [4.78, 5) is 10.9. The Hall–Kier alpha value is -1.44. The van der Waals surface area contributed by atoms with Gasteiger partial charge < -0.3 is 4.74 Å². The molecule has 0 unspecified atom stereocenters.